The summed E-state index contributed by atoms with van der Waals surface area (Å²) in [5.41, 5.74) is 12.1. The molecule has 0 aliphatic rings. The van der Waals surface area contributed by atoms with E-state index >= 15 is 0 Å². The van der Waals surface area contributed by atoms with E-state index < -0.39 is 0 Å². The Morgan fingerprint density at radius 2 is 1.00 bits per heavy atom. The summed E-state index contributed by atoms with van der Waals surface area (Å²) in [6, 6.07) is 19.4. The minimum Gasteiger partial charge on any atom is -0.0830 e. The van der Waals surface area contributed by atoms with Crippen LogP contribution in [0.15, 0.2) is 54.6 Å². The van der Waals surface area contributed by atoms with E-state index in [-0.39, 0.29) is 0 Å². The van der Waals surface area contributed by atoms with Crippen molar-refractivity contribution in [3.63, 3.8) is 0 Å². The molecule has 0 amide bonds. The molecule has 0 atom stereocenters. The Kier molecular flexibility index (Phi) is 5.58. The molecule has 0 heterocycles. The zero-order valence-corrected chi connectivity index (χ0v) is 17.8. The van der Waals surface area contributed by atoms with E-state index in [1.807, 2.05) is 6.07 Å². The minimum absolute atomic E-state index is 0.825. The molecule has 0 saturated carbocycles. The maximum atomic E-state index is 7.17. The summed E-state index contributed by atoms with van der Waals surface area (Å²) < 4.78 is 0. The second kappa shape index (κ2) is 7.74. The van der Waals surface area contributed by atoms with Gasteiger partial charge in [0.1, 0.15) is 0 Å². The first-order valence-corrected chi connectivity index (χ1v) is 9.79. The summed E-state index contributed by atoms with van der Waals surface area (Å²) >= 11 is 7.17. The normalized spacial score (nSPS) is 12.1. The van der Waals surface area contributed by atoms with Gasteiger partial charge in [0, 0.05) is 5.57 Å². The summed E-state index contributed by atoms with van der Waals surface area (Å²) in [5.74, 6) is 0. The molecule has 3 aromatic rings. The van der Waals surface area contributed by atoms with E-state index in [2.05, 4.69) is 90.1 Å². The highest BCUT2D eigenvalue weighted by Crippen LogP contribution is 2.40. The fourth-order valence-corrected chi connectivity index (χ4v) is 4.71. The van der Waals surface area contributed by atoms with Crippen LogP contribution in [0.4, 0.5) is 0 Å². The lowest BCUT2D eigenvalue weighted by Crippen LogP contribution is -2.01. The van der Waals surface area contributed by atoms with E-state index in [9.17, 15) is 0 Å². The van der Waals surface area contributed by atoms with Gasteiger partial charge in [-0.1, -0.05) is 77.3 Å². The monoisotopic (exact) mass is 374 g/mol. The lowest BCUT2D eigenvalue weighted by Gasteiger charge is -2.20. The van der Waals surface area contributed by atoms with Gasteiger partial charge in [-0.15, -0.1) is 0 Å². The fraction of sp³-hybridized carbons (Fsp3) is 0.231. The Balaban J connectivity index is 2.41. The molecule has 1 heteroatoms. The average molecular weight is 375 g/mol. The minimum atomic E-state index is 0.825. The molecule has 0 saturated heterocycles. The van der Waals surface area contributed by atoms with Crippen molar-refractivity contribution in [2.24, 2.45) is 0 Å². The third-order valence-electron chi connectivity index (χ3n) is 5.11. The number of hydrogen-bond acceptors (Lipinski definition) is 0. The first-order chi connectivity index (χ1) is 12.8. The molecule has 0 bridgehead atoms. The average Bonchev–Trinajstić information content (AvgIpc) is 2.57. The number of aryl methyl sites for hydroxylation is 6. The molecular weight excluding hydrogens is 348 g/mol. The zero-order chi connectivity index (χ0) is 19.7. The number of hydrogen-bond donors (Lipinski definition) is 0. The number of halogens is 1. The van der Waals surface area contributed by atoms with Gasteiger partial charge in [0.25, 0.3) is 0 Å². The lowest BCUT2D eigenvalue weighted by atomic mass is 9.87. The first kappa shape index (κ1) is 19.5. The van der Waals surface area contributed by atoms with Crippen molar-refractivity contribution in [1.29, 1.82) is 0 Å². The molecular formula is C26H27Cl. The molecule has 0 nitrogen and oxygen atoms in total. The topological polar surface area (TPSA) is 0 Å². The molecule has 0 radical (unpaired) electrons. The zero-order valence-electron chi connectivity index (χ0n) is 17.1. The van der Waals surface area contributed by atoms with Crippen molar-refractivity contribution in [3.05, 3.63) is 105 Å². The van der Waals surface area contributed by atoms with Crippen LogP contribution in [0, 0.1) is 41.5 Å². The smallest absolute Gasteiger partial charge is 0.0568 e. The molecule has 0 aliphatic heterocycles. The van der Waals surface area contributed by atoms with Gasteiger partial charge in [-0.3, -0.25) is 0 Å². The standard InChI is InChI=1S/C26H27Cl/c1-16-12-18(3)23(19(4)13-16)25(22-10-8-7-9-11-22)26(27)24-20(5)14-17(2)15-21(24)6/h7-15H,1-6H3. The van der Waals surface area contributed by atoms with Crippen LogP contribution in [0.25, 0.3) is 10.6 Å². The van der Waals surface area contributed by atoms with Gasteiger partial charge in [0.2, 0.25) is 0 Å². The van der Waals surface area contributed by atoms with Crippen molar-refractivity contribution in [2.75, 3.05) is 0 Å². The predicted octanol–water partition coefficient (Wildman–Crippen LogP) is 7.69. The van der Waals surface area contributed by atoms with Crippen molar-refractivity contribution in [3.8, 4) is 0 Å². The van der Waals surface area contributed by atoms with Crippen molar-refractivity contribution >= 4 is 22.2 Å². The van der Waals surface area contributed by atoms with E-state index in [0.717, 1.165) is 21.7 Å². The summed E-state index contributed by atoms with van der Waals surface area (Å²) in [5, 5.41) is 0.825. The summed E-state index contributed by atoms with van der Waals surface area (Å²) in [6.45, 7) is 12.9. The van der Waals surface area contributed by atoms with Crippen LogP contribution in [-0.2, 0) is 0 Å². The van der Waals surface area contributed by atoms with Gasteiger partial charge >= 0.3 is 0 Å². The second-order valence-electron chi connectivity index (χ2n) is 7.60. The highest BCUT2D eigenvalue weighted by molar-refractivity contribution is 6.53. The van der Waals surface area contributed by atoms with Crippen LogP contribution >= 0.6 is 11.6 Å². The Morgan fingerprint density at radius 1 is 0.593 bits per heavy atom. The van der Waals surface area contributed by atoms with Gasteiger partial charge in [0.15, 0.2) is 0 Å². The Labute approximate surface area is 168 Å². The Morgan fingerprint density at radius 3 is 1.44 bits per heavy atom. The number of rotatable bonds is 3. The lowest BCUT2D eigenvalue weighted by molar-refractivity contribution is 1.28. The van der Waals surface area contributed by atoms with Crippen LogP contribution in [0.2, 0.25) is 0 Å². The molecule has 0 unspecified atom stereocenters. The van der Waals surface area contributed by atoms with Crippen LogP contribution < -0.4 is 0 Å². The highest BCUT2D eigenvalue weighted by Gasteiger charge is 2.19. The third kappa shape index (κ3) is 3.87. The van der Waals surface area contributed by atoms with E-state index in [1.165, 1.54) is 38.9 Å². The molecule has 3 aromatic carbocycles. The van der Waals surface area contributed by atoms with Gasteiger partial charge in [-0.25, -0.2) is 0 Å². The summed E-state index contributed by atoms with van der Waals surface area (Å²) in [7, 11) is 0. The van der Waals surface area contributed by atoms with Crippen LogP contribution in [0.3, 0.4) is 0 Å². The second-order valence-corrected chi connectivity index (χ2v) is 7.98. The molecule has 27 heavy (non-hydrogen) atoms. The number of benzene rings is 3. The van der Waals surface area contributed by atoms with Crippen molar-refractivity contribution in [2.45, 2.75) is 41.5 Å². The molecule has 138 valence electrons. The molecule has 0 N–H and O–H groups in total. The van der Waals surface area contributed by atoms with E-state index in [4.69, 9.17) is 11.6 Å². The van der Waals surface area contributed by atoms with Crippen LogP contribution in [-0.4, -0.2) is 0 Å². The van der Waals surface area contributed by atoms with E-state index in [1.54, 1.807) is 0 Å². The molecule has 0 aliphatic carbocycles. The van der Waals surface area contributed by atoms with E-state index in [0.29, 0.717) is 0 Å². The molecule has 3 rings (SSSR count). The van der Waals surface area contributed by atoms with Gasteiger partial charge in [-0.2, -0.15) is 0 Å². The van der Waals surface area contributed by atoms with Crippen LogP contribution in [0.5, 0.6) is 0 Å². The van der Waals surface area contributed by atoms with Crippen LogP contribution in [0.1, 0.15) is 50.1 Å². The van der Waals surface area contributed by atoms with Gasteiger partial charge in [-0.05, 0) is 80.5 Å². The third-order valence-corrected chi connectivity index (χ3v) is 5.48. The molecule has 0 aromatic heterocycles. The Bertz CT molecular complexity index is 977. The van der Waals surface area contributed by atoms with Gasteiger partial charge < -0.3 is 0 Å². The molecule has 0 spiro atoms. The summed E-state index contributed by atoms with van der Waals surface area (Å²) in [6.07, 6.45) is 0. The fourth-order valence-electron chi connectivity index (χ4n) is 4.21. The maximum Gasteiger partial charge on any atom is 0.0568 e. The van der Waals surface area contributed by atoms with Gasteiger partial charge in [0.05, 0.1) is 5.03 Å². The largest absolute Gasteiger partial charge is 0.0830 e. The first-order valence-electron chi connectivity index (χ1n) is 9.41. The summed E-state index contributed by atoms with van der Waals surface area (Å²) in [4.78, 5) is 0. The SMILES string of the molecule is Cc1cc(C)c(C(Cl)=C(c2ccccc2)c2c(C)cc(C)cc2C)c(C)c1. The highest BCUT2D eigenvalue weighted by atomic mass is 35.5. The predicted molar refractivity (Wildman–Crippen MR) is 120 cm³/mol. The molecule has 0 fully saturated rings. The Hall–Kier alpha value is -2.31. The quantitative estimate of drug-likeness (QED) is 0.412. The van der Waals surface area contributed by atoms with Crippen molar-refractivity contribution in [1.82, 2.24) is 0 Å². The van der Waals surface area contributed by atoms with Crippen molar-refractivity contribution < 1.29 is 0 Å². The maximum absolute atomic E-state index is 7.17.